The summed E-state index contributed by atoms with van der Waals surface area (Å²) in [5.74, 6) is 0.0273. The third kappa shape index (κ3) is 4.40. The van der Waals surface area contributed by atoms with E-state index in [0.717, 1.165) is 23.1 Å². The third-order valence-electron chi connectivity index (χ3n) is 3.56. The molecule has 4 heteroatoms. The van der Waals surface area contributed by atoms with Gasteiger partial charge in [-0.15, -0.1) is 0 Å². The van der Waals surface area contributed by atoms with Gasteiger partial charge in [-0.2, -0.15) is 0 Å². The first-order chi connectivity index (χ1) is 10.6. The largest absolute Gasteiger partial charge is 0.354 e. The lowest BCUT2D eigenvalue weighted by Crippen LogP contribution is -2.38. The van der Waals surface area contributed by atoms with Crippen molar-refractivity contribution in [2.24, 2.45) is 0 Å². The van der Waals surface area contributed by atoms with Crippen molar-refractivity contribution in [3.05, 3.63) is 65.5 Å². The number of benzene rings is 1. The lowest BCUT2D eigenvalue weighted by molar-refractivity contribution is -0.125. The summed E-state index contributed by atoms with van der Waals surface area (Å²) < 4.78 is 0. The van der Waals surface area contributed by atoms with Gasteiger partial charge in [-0.25, -0.2) is 0 Å². The van der Waals surface area contributed by atoms with Crippen molar-refractivity contribution < 1.29 is 4.79 Å². The summed E-state index contributed by atoms with van der Waals surface area (Å²) in [4.78, 5) is 18.5. The summed E-state index contributed by atoms with van der Waals surface area (Å²) in [5, 5.41) is 3.02. The molecule has 0 aliphatic heterocycles. The molecule has 2 aromatic rings. The Bertz CT molecular complexity index is 611. The van der Waals surface area contributed by atoms with Gasteiger partial charge in [-0.05, 0) is 44.6 Å². The molecule has 22 heavy (non-hydrogen) atoms. The van der Waals surface area contributed by atoms with Gasteiger partial charge in [0.1, 0.15) is 6.04 Å². The van der Waals surface area contributed by atoms with Crippen LogP contribution in [0.1, 0.15) is 22.7 Å². The number of carbonyl (C=O) groups excluding carboxylic acids is 1. The van der Waals surface area contributed by atoms with E-state index >= 15 is 0 Å². The minimum atomic E-state index is -0.270. The van der Waals surface area contributed by atoms with Crippen LogP contribution in [0.5, 0.6) is 0 Å². The molecular formula is C18H23N3O. The molecule has 0 radical (unpaired) electrons. The zero-order chi connectivity index (χ0) is 15.9. The number of pyridine rings is 1. The van der Waals surface area contributed by atoms with Gasteiger partial charge in [0, 0.05) is 18.9 Å². The molecule has 1 N–H and O–H groups in total. The van der Waals surface area contributed by atoms with E-state index < -0.39 is 0 Å². The van der Waals surface area contributed by atoms with Gasteiger partial charge in [0.15, 0.2) is 0 Å². The van der Waals surface area contributed by atoms with Crippen LogP contribution in [0.2, 0.25) is 0 Å². The fraction of sp³-hybridized carbons (Fsp3) is 0.333. The Morgan fingerprint density at radius 2 is 2.09 bits per heavy atom. The number of nitrogens with one attached hydrogen (secondary N) is 1. The second-order valence-electron chi connectivity index (χ2n) is 5.68. The average Bonchev–Trinajstić information content (AvgIpc) is 2.48. The lowest BCUT2D eigenvalue weighted by atomic mass is 10.0. The first-order valence-corrected chi connectivity index (χ1v) is 7.47. The molecule has 1 heterocycles. The van der Waals surface area contributed by atoms with E-state index in [2.05, 4.69) is 16.4 Å². The van der Waals surface area contributed by atoms with Crippen LogP contribution in [-0.2, 0) is 11.2 Å². The second-order valence-corrected chi connectivity index (χ2v) is 5.68. The van der Waals surface area contributed by atoms with E-state index in [-0.39, 0.29) is 11.9 Å². The maximum Gasteiger partial charge on any atom is 0.241 e. The van der Waals surface area contributed by atoms with E-state index in [1.54, 1.807) is 6.20 Å². The summed E-state index contributed by atoms with van der Waals surface area (Å²) in [5.41, 5.74) is 3.30. The third-order valence-corrected chi connectivity index (χ3v) is 3.56. The molecule has 0 unspecified atom stereocenters. The predicted octanol–water partition coefficient (Wildman–Crippen LogP) is 2.35. The fourth-order valence-corrected chi connectivity index (χ4v) is 2.50. The van der Waals surface area contributed by atoms with Gasteiger partial charge < -0.3 is 5.32 Å². The van der Waals surface area contributed by atoms with Crippen molar-refractivity contribution in [3.63, 3.8) is 0 Å². The number of aromatic nitrogens is 1. The Morgan fingerprint density at radius 1 is 1.27 bits per heavy atom. The van der Waals surface area contributed by atoms with Crippen molar-refractivity contribution in [2.75, 3.05) is 20.6 Å². The highest BCUT2D eigenvalue weighted by Crippen LogP contribution is 2.19. The summed E-state index contributed by atoms with van der Waals surface area (Å²) in [6, 6.07) is 11.7. The van der Waals surface area contributed by atoms with E-state index in [0.29, 0.717) is 6.54 Å². The maximum atomic E-state index is 12.5. The molecule has 0 aliphatic rings. The molecule has 4 nitrogen and oxygen atoms in total. The molecule has 0 saturated carbocycles. The zero-order valence-corrected chi connectivity index (χ0v) is 13.4. The van der Waals surface area contributed by atoms with Crippen molar-refractivity contribution in [1.29, 1.82) is 0 Å². The molecule has 0 bridgehead atoms. The standard InChI is InChI=1S/C18H23N3O/c1-14-6-4-8-16(12-14)17(21(2)3)18(22)20-11-9-15-7-5-10-19-13-15/h4-8,10,12-13,17H,9,11H2,1-3H3,(H,20,22)/t17-/m0/s1. The van der Waals surface area contributed by atoms with Crippen LogP contribution in [0.4, 0.5) is 0 Å². The van der Waals surface area contributed by atoms with E-state index in [9.17, 15) is 4.79 Å². The summed E-state index contributed by atoms with van der Waals surface area (Å²) >= 11 is 0. The molecule has 0 saturated heterocycles. The smallest absolute Gasteiger partial charge is 0.241 e. The maximum absolute atomic E-state index is 12.5. The van der Waals surface area contributed by atoms with Gasteiger partial charge >= 0.3 is 0 Å². The highest BCUT2D eigenvalue weighted by Gasteiger charge is 2.22. The first kappa shape index (κ1) is 16.2. The van der Waals surface area contributed by atoms with Crippen molar-refractivity contribution in [3.8, 4) is 0 Å². The lowest BCUT2D eigenvalue weighted by Gasteiger charge is -2.24. The number of hydrogen-bond acceptors (Lipinski definition) is 3. The monoisotopic (exact) mass is 297 g/mol. The van der Waals surface area contributed by atoms with Gasteiger partial charge in [-0.3, -0.25) is 14.7 Å². The predicted molar refractivity (Wildman–Crippen MR) is 88.6 cm³/mol. The van der Waals surface area contributed by atoms with Gasteiger partial charge in [-0.1, -0.05) is 35.9 Å². The molecule has 1 amide bonds. The molecule has 0 fully saturated rings. The Balaban J connectivity index is 1.98. The van der Waals surface area contributed by atoms with Gasteiger partial charge in [0.05, 0.1) is 0 Å². The first-order valence-electron chi connectivity index (χ1n) is 7.47. The average molecular weight is 297 g/mol. The van der Waals surface area contributed by atoms with Crippen LogP contribution in [0, 0.1) is 6.92 Å². The molecule has 0 spiro atoms. The van der Waals surface area contributed by atoms with E-state index in [1.807, 2.05) is 62.4 Å². The zero-order valence-electron chi connectivity index (χ0n) is 13.4. The summed E-state index contributed by atoms with van der Waals surface area (Å²) in [7, 11) is 3.85. The SMILES string of the molecule is Cc1cccc([C@@H](C(=O)NCCc2cccnc2)N(C)C)c1. The van der Waals surface area contributed by atoms with E-state index in [1.165, 1.54) is 0 Å². The van der Waals surface area contributed by atoms with Gasteiger partial charge in [0.2, 0.25) is 5.91 Å². The molecule has 0 aliphatic carbocycles. The highest BCUT2D eigenvalue weighted by molar-refractivity contribution is 5.83. The van der Waals surface area contributed by atoms with Crippen molar-refractivity contribution in [1.82, 2.24) is 15.2 Å². The van der Waals surface area contributed by atoms with Crippen LogP contribution in [0.25, 0.3) is 0 Å². The molecular weight excluding hydrogens is 274 g/mol. The summed E-state index contributed by atoms with van der Waals surface area (Å²) in [6.45, 7) is 2.65. The van der Waals surface area contributed by atoms with Gasteiger partial charge in [0.25, 0.3) is 0 Å². The number of carbonyl (C=O) groups is 1. The van der Waals surface area contributed by atoms with E-state index in [4.69, 9.17) is 0 Å². The number of rotatable bonds is 6. The number of nitrogens with zero attached hydrogens (tertiary/aromatic N) is 2. The molecule has 116 valence electrons. The number of likely N-dealkylation sites (N-methyl/N-ethyl adjacent to an activating group) is 1. The minimum Gasteiger partial charge on any atom is -0.354 e. The van der Waals surface area contributed by atoms with Crippen molar-refractivity contribution in [2.45, 2.75) is 19.4 Å². The Hall–Kier alpha value is -2.20. The number of amides is 1. The topological polar surface area (TPSA) is 45.2 Å². The Labute approximate surface area is 132 Å². The van der Waals surface area contributed by atoms with Crippen LogP contribution < -0.4 is 5.32 Å². The molecule has 1 aromatic carbocycles. The fourth-order valence-electron chi connectivity index (χ4n) is 2.50. The molecule has 2 rings (SSSR count). The number of hydrogen-bond donors (Lipinski definition) is 1. The van der Waals surface area contributed by atoms with Crippen LogP contribution in [0.15, 0.2) is 48.8 Å². The normalized spacial score (nSPS) is 12.2. The highest BCUT2D eigenvalue weighted by atomic mass is 16.2. The summed E-state index contributed by atoms with van der Waals surface area (Å²) in [6.07, 6.45) is 4.37. The Kier molecular flexibility index (Phi) is 5.67. The van der Waals surface area contributed by atoms with Crippen LogP contribution in [0.3, 0.4) is 0 Å². The molecule has 1 atom stereocenters. The van der Waals surface area contributed by atoms with Crippen molar-refractivity contribution >= 4 is 5.91 Å². The second kappa shape index (κ2) is 7.71. The minimum absolute atomic E-state index is 0.0273. The van der Waals surface area contributed by atoms with Crippen LogP contribution in [-0.4, -0.2) is 36.4 Å². The number of aryl methyl sites for hydroxylation is 1. The van der Waals surface area contributed by atoms with Crippen LogP contribution >= 0.6 is 0 Å². The molecule has 1 aromatic heterocycles. The Morgan fingerprint density at radius 3 is 2.73 bits per heavy atom. The quantitative estimate of drug-likeness (QED) is 0.890.